The van der Waals surface area contributed by atoms with E-state index in [1.54, 1.807) is 0 Å². The van der Waals surface area contributed by atoms with Gasteiger partial charge in [-0.2, -0.15) is 0 Å². The van der Waals surface area contributed by atoms with E-state index in [1.165, 1.54) is 56.9 Å². The van der Waals surface area contributed by atoms with Gasteiger partial charge in [0.1, 0.15) is 0 Å². The van der Waals surface area contributed by atoms with Gasteiger partial charge in [0.2, 0.25) is 0 Å². The molecule has 0 spiro atoms. The van der Waals surface area contributed by atoms with Crippen molar-refractivity contribution < 1.29 is 4.74 Å². The Hall–Kier alpha value is -0.300. The minimum Gasteiger partial charge on any atom is -0.378 e. The highest BCUT2D eigenvalue weighted by molar-refractivity contribution is 5.03. The Balaban J connectivity index is 2.08. The molecule has 106 valence electrons. The highest BCUT2D eigenvalue weighted by atomic mass is 16.5. The van der Waals surface area contributed by atoms with Gasteiger partial charge >= 0.3 is 0 Å². The summed E-state index contributed by atoms with van der Waals surface area (Å²) in [5, 5.41) is 0. The first kappa shape index (κ1) is 15.8. The summed E-state index contributed by atoms with van der Waals surface area (Å²) in [6.07, 6.45) is 13.7. The maximum Gasteiger partial charge on any atom is 0.0637 e. The van der Waals surface area contributed by atoms with E-state index in [4.69, 9.17) is 4.74 Å². The predicted octanol–water partition coefficient (Wildman–Crippen LogP) is 5.50. The Kier molecular flexibility index (Phi) is 8.41. The van der Waals surface area contributed by atoms with Crippen molar-refractivity contribution in [2.24, 2.45) is 5.92 Å². The molecule has 0 aromatic heterocycles. The van der Waals surface area contributed by atoms with E-state index < -0.39 is 0 Å². The Bertz CT molecular complexity index is 222. The highest BCUT2D eigenvalue weighted by Gasteiger charge is 2.22. The molecular formula is C17H32O. The molecule has 0 radical (unpaired) electrons. The molecule has 0 N–H and O–H groups in total. The second-order valence-electron chi connectivity index (χ2n) is 5.87. The molecule has 0 aliphatic carbocycles. The molecule has 0 bridgehead atoms. The largest absolute Gasteiger partial charge is 0.378 e. The van der Waals surface area contributed by atoms with Crippen LogP contribution in [0.1, 0.15) is 78.1 Å². The van der Waals surface area contributed by atoms with Crippen molar-refractivity contribution in [3.63, 3.8) is 0 Å². The van der Waals surface area contributed by atoms with E-state index >= 15 is 0 Å². The van der Waals surface area contributed by atoms with E-state index in [0.29, 0.717) is 12.0 Å². The van der Waals surface area contributed by atoms with E-state index in [-0.39, 0.29) is 0 Å². The third-order valence-electron chi connectivity index (χ3n) is 4.27. The zero-order chi connectivity index (χ0) is 13.2. The lowest BCUT2D eigenvalue weighted by atomic mass is 9.91. The summed E-state index contributed by atoms with van der Waals surface area (Å²) in [6.45, 7) is 9.71. The highest BCUT2D eigenvalue weighted by Crippen LogP contribution is 2.27. The summed E-state index contributed by atoms with van der Waals surface area (Å²) < 4.78 is 5.97. The van der Waals surface area contributed by atoms with Crippen molar-refractivity contribution in [1.29, 1.82) is 0 Å². The van der Waals surface area contributed by atoms with Crippen molar-refractivity contribution >= 4 is 0 Å². The van der Waals surface area contributed by atoms with Crippen LogP contribution >= 0.6 is 0 Å². The van der Waals surface area contributed by atoms with Gasteiger partial charge in [0.15, 0.2) is 0 Å². The Morgan fingerprint density at radius 1 is 1.11 bits per heavy atom. The molecule has 1 saturated heterocycles. The van der Waals surface area contributed by atoms with Crippen molar-refractivity contribution in [2.45, 2.75) is 84.2 Å². The fraction of sp³-hybridized carbons (Fsp3) is 0.882. The molecule has 1 aliphatic rings. The summed E-state index contributed by atoms with van der Waals surface area (Å²) in [6, 6.07) is 0. The first-order chi connectivity index (χ1) is 8.75. The fourth-order valence-corrected chi connectivity index (χ4v) is 2.80. The summed E-state index contributed by atoms with van der Waals surface area (Å²) in [4.78, 5) is 0. The molecule has 1 rings (SSSR count). The number of hydrogen-bond acceptors (Lipinski definition) is 1. The minimum atomic E-state index is 0.440. The van der Waals surface area contributed by atoms with Gasteiger partial charge in [-0.25, -0.2) is 0 Å². The average molecular weight is 252 g/mol. The van der Waals surface area contributed by atoms with E-state index in [2.05, 4.69) is 20.4 Å². The monoisotopic (exact) mass is 252 g/mol. The molecule has 1 fully saturated rings. The SMILES string of the molecule is C=C1CCCO[C@@H](CCCCCCCCC)[C@H]1C. The fourth-order valence-electron chi connectivity index (χ4n) is 2.80. The standard InChI is InChI=1S/C17H32O/c1-4-5-6-7-8-9-10-13-17-16(3)15(2)12-11-14-18-17/h16-17H,2,4-14H2,1,3H3/t16-,17-/m0/s1. The maximum atomic E-state index is 5.97. The van der Waals surface area contributed by atoms with Crippen LogP contribution in [0, 0.1) is 5.92 Å². The van der Waals surface area contributed by atoms with Gasteiger partial charge in [-0.05, 0) is 19.3 Å². The van der Waals surface area contributed by atoms with Crippen molar-refractivity contribution in [3.05, 3.63) is 12.2 Å². The van der Waals surface area contributed by atoms with Crippen LogP contribution in [-0.2, 0) is 4.74 Å². The maximum absolute atomic E-state index is 5.97. The molecule has 0 aromatic rings. The van der Waals surface area contributed by atoms with E-state index in [0.717, 1.165) is 19.4 Å². The second-order valence-corrected chi connectivity index (χ2v) is 5.87. The Labute approximate surface area is 114 Å². The number of ether oxygens (including phenoxy) is 1. The lowest BCUT2D eigenvalue weighted by molar-refractivity contribution is 0.0296. The van der Waals surface area contributed by atoms with Gasteiger partial charge in [0.25, 0.3) is 0 Å². The molecule has 1 aliphatic heterocycles. The molecule has 0 saturated carbocycles. The predicted molar refractivity (Wildman–Crippen MR) is 79.9 cm³/mol. The molecule has 1 heteroatoms. The third-order valence-corrected chi connectivity index (χ3v) is 4.27. The Morgan fingerprint density at radius 3 is 2.50 bits per heavy atom. The molecule has 0 unspecified atom stereocenters. The summed E-state index contributed by atoms with van der Waals surface area (Å²) >= 11 is 0. The van der Waals surface area contributed by atoms with Crippen molar-refractivity contribution in [3.8, 4) is 0 Å². The van der Waals surface area contributed by atoms with Gasteiger partial charge in [0.05, 0.1) is 6.10 Å². The van der Waals surface area contributed by atoms with Crippen LogP contribution in [0.5, 0.6) is 0 Å². The van der Waals surface area contributed by atoms with Crippen LogP contribution in [0.2, 0.25) is 0 Å². The van der Waals surface area contributed by atoms with E-state index in [9.17, 15) is 0 Å². The summed E-state index contributed by atoms with van der Waals surface area (Å²) in [5.74, 6) is 0.563. The first-order valence-electron chi connectivity index (χ1n) is 8.05. The van der Waals surface area contributed by atoms with Crippen LogP contribution in [0.25, 0.3) is 0 Å². The van der Waals surface area contributed by atoms with Gasteiger partial charge in [-0.15, -0.1) is 0 Å². The minimum absolute atomic E-state index is 0.440. The molecule has 18 heavy (non-hydrogen) atoms. The van der Waals surface area contributed by atoms with Crippen LogP contribution in [0.4, 0.5) is 0 Å². The smallest absolute Gasteiger partial charge is 0.0637 e. The van der Waals surface area contributed by atoms with Gasteiger partial charge in [-0.3, -0.25) is 0 Å². The van der Waals surface area contributed by atoms with Crippen LogP contribution in [0.3, 0.4) is 0 Å². The second kappa shape index (κ2) is 9.61. The topological polar surface area (TPSA) is 9.23 Å². The van der Waals surface area contributed by atoms with Crippen LogP contribution < -0.4 is 0 Å². The lowest BCUT2D eigenvalue weighted by Crippen LogP contribution is -2.21. The van der Waals surface area contributed by atoms with Crippen molar-refractivity contribution in [1.82, 2.24) is 0 Å². The summed E-state index contributed by atoms with van der Waals surface area (Å²) in [7, 11) is 0. The number of unbranched alkanes of at least 4 members (excludes halogenated alkanes) is 6. The van der Waals surface area contributed by atoms with Gasteiger partial charge < -0.3 is 4.74 Å². The first-order valence-corrected chi connectivity index (χ1v) is 8.05. The molecule has 0 aromatic carbocycles. The zero-order valence-electron chi connectivity index (χ0n) is 12.5. The summed E-state index contributed by atoms with van der Waals surface area (Å²) in [5.41, 5.74) is 1.40. The van der Waals surface area contributed by atoms with Gasteiger partial charge in [-0.1, -0.05) is 70.9 Å². The lowest BCUT2D eigenvalue weighted by Gasteiger charge is -2.22. The molecule has 1 heterocycles. The molecule has 0 amide bonds. The third kappa shape index (κ3) is 6.04. The average Bonchev–Trinajstić information content (AvgIpc) is 2.53. The number of rotatable bonds is 8. The molecular weight excluding hydrogens is 220 g/mol. The quantitative estimate of drug-likeness (QED) is 0.409. The number of hydrogen-bond donors (Lipinski definition) is 0. The molecule has 2 atom stereocenters. The zero-order valence-corrected chi connectivity index (χ0v) is 12.5. The van der Waals surface area contributed by atoms with Crippen LogP contribution in [-0.4, -0.2) is 12.7 Å². The van der Waals surface area contributed by atoms with Crippen LogP contribution in [0.15, 0.2) is 12.2 Å². The normalized spacial score (nSPS) is 25.1. The Morgan fingerprint density at radius 2 is 1.78 bits per heavy atom. The molecule has 1 nitrogen and oxygen atoms in total. The van der Waals surface area contributed by atoms with Gasteiger partial charge in [0, 0.05) is 12.5 Å². The van der Waals surface area contributed by atoms with Crippen molar-refractivity contribution in [2.75, 3.05) is 6.61 Å². The van der Waals surface area contributed by atoms with E-state index in [1.807, 2.05) is 0 Å².